The number of hydrogen-bond acceptors (Lipinski definition) is 8. The number of hydrogen-bond donors (Lipinski definition) is 2. The van der Waals surface area contributed by atoms with E-state index in [-0.39, 0.29) is 74.9 Å². The van der Waals surface area contributed by atoms with E-state index >= 15 is 0 Å². The highest BCUT2D eigenvalue weighted by molar-refractivity contribution is 6.09. The second kappa shape index (κ2) is 17.9. The van der Waals surface area contributed by atoms with Crippen LogP contribution in [0.3, 0.4) is 0 Å². The first-order chi connectivity index (χ1) is 27.6. The Morgan fingerprint density at radius 1 is 0.947 bits per heavy atom. The van der Waals surface area contributed by atoms with Crippen molar-refractivity contribution in [1.82, 2.24) is 29.3 Å². The van der Waals surface area contributed by atoms with Crippen molar-refractivity contribution in [2.75, 3.05) is 45.9 Å². The molecule has 3 fully saturated rings. The highest BCUT2D eigenvalue weighted by atomic mass is 16.3. The molecule has 0 spiro atoms. The van der Waals surface area contributed by atoms with Gasteiger partial charge in [-0.05, 0) is 73.5 Å². The number of rotatable bonds is 15. The molecule has 3 saturated heterocycles. The molecule has 12 nitrogen and oxygen atoms in total. The van der Waals surface area contributed by atoms with E-state index in [1.54, 1.807) is 50.2 Å². The Bertz CT molecular complexity index is 2070. The number of aliphatic hydroxyl groups excluding tert-OH is 1. The number of para-hydroxylation sites is 1. The van der Waals surface area contributed by atoms with E-state index in [1.807, 2.05) is 66.3 Å². The number of likely N-dealkylation sites (tertiary alicyclic amines) is 1. The van der Waals surface area contributed by atoms with Gasteiger partial charge in [-0.3, -0.25) is 19.2 Å². The van der Waals surface area contributed by atoms with Crippen molar-refractivity contribution >= 4 is 34.4 Å². The Labute approximate surface area is 334 Å². The van der Waals surface area contributed by atoms with Crippen LogP contribution in [0.1, 0.15) is 59.2 Å². The molecular formula is C45H54N6O6. The van der Waals surface area contributed by atoms with Crippen molar-refractivity contribution in [3.63, 3.8) is 0 Å². The largest absolute Gasteiger partial charge is 0.508 e. The summed E-state index contributed by atoms with van der Waals surface area (Å²) < 4.78 is 1.97. The fourth-order valence-electron chi connectivity index (χ4n) is 8.96. The van der Waals surface area contributed by atoms with Crippen molar-refractivity contribution in [3.8, 4) is 5.75 Å². The van der Waals surface area contributed by atoms with Crippen LogP contribution in [0.15, 0.2) is 91.6 Å². The predicted molar refractivity (Wildman–Crippen MR) is 218 cm³/mol. The molecule has 2 N–H and O–H groups in total. The van der Waals surface area contributed by atoms with Crippen molar-refractivity contribution in [2.45, 2.75) is 63.7 Å². The van der Waals surface area contributed by atoms with E-state index < -0.39 is 12.2 Å². The third-order valence-electron chi connectivity index (χ3n) is 11.8. The number of aromatic hydroxyl groups is 1. The number of phenolic OH excluding ortho intramolecular Hbond substituents is 1. The van der Waals surface area contributed by atoms with E-state index in [9.17, 15) is 29.4 Å². The number of nitrogens with zero attached hydrogens (tertiary/aromatic N) is 6. The van der Waals surface area contributed by atoms with Crippen LogP contribution >= 0.6 is 0 Å². The fraction of sp³-hybridized carbons (Fsp3) is 0.422. The maximum Gasteiger partial charge on any atom is 0.246 e. The number of aliphatic hydroxyl groups is 1. The SMILES string of the molecule is C=CCN1CC(=O)N2[C@@H](Cc3ccc(O)cc3)C(=O)N(Cc3cccc4c(C(=O)CC5CCN(CCCO)CC5)cn(C)c34)C[C@@H]2N1C(=O)CCc1ccccc1. The summed E-state index contributed by atoms with van der Waals surface area (Å²) in [6.07, 6.45) is 6.92. The quantitative estimate of drug-likeness (QED) is 0.133. The summed E-state index contributed by atoms with van der Waals surface area (Å²) in [6, 6.07) is 21.4. The Balaban J connectivity index is 1.18. The average Bonchev–Trinajstić information content (AvgIpc) is 3.56. The van der Waals surface area contributed by atoms with Crippen LogP contribution in [0.5, 0.6) is 5.75 Å². The number of amides is 3. The molecule has 0 aliphatic carbocycles. The highest BCUT2D eigenvalue weighted by Gasteiger charge is 2.51. The van der Waals surface area contributed by atoms with Gasteiger partial charge in [-0.15, -0.1) is 6.58 Å². The zero-order valence-electron chi connectivity index (χ0n) is 32.8. The van der Waals surface area contributed by atoms with Crippen LogP contribution in [0.25, 0.3) is 10.9 Å². The highest BCUT2D eigenvalue weighted by Crippen LogP contribution is 2.33. The summed E-state index contributed by atoms with van der Waals surface area (Å²) in [5.41, 5.74) is 4.22. The molecule has 0 radical (unpaired) electrons. The first kappa shape index (κ1) is 39.9. The topological polar surface area (TPSA) is 130 Å². The second-order valence-corrected chi connectivity index (χ2v) is 15.7. The van der Waals surface area contributed by atoms with Gasteiger partial charge in [0.15, 0.2) is 5.78 Å². The molecule has 300 valence electrons. The van der Waals surface area contributed by atoms with E-state index in [1.165, 1.54) is 0 Å². The van der Waals surface area contributed by atoms with Gasteiger partial charge >= 0.3 is 0 Å². The first-order valence-corrected chi connectivity index (χ1v) is 20.2. The van der Waals surface area contributed by atoms with E-state index in [2.05, 4.69) is 11.5 Å². The monoisotopic (exact) mass is 774 g/mol. The summed E-state index contributed by atoms with van der Waals surface area (Å²) in [6.45, 7) is 7.37. The number of fused-ring (bicyclic) bond motifs is 2. The van der Waals surface area contributed by atoms with Crippen LogP contribution in [0.4, 0.5) is 0 Å². The molecule has 3 aliphatic heterocycles. The Morgan fingerprint density at radius 3 is 2.42 bits per heavy atom. The van der Waals surface area contributed by atoms with Crippen molar-refractivity contribution < 1.29 is 29.4 Å². The summed E-state index contributed by atoms with van der Waals surface area (Å²) >= 11 is 0. The number of phenols is 1. The molecule has 0 bridgehead atoms. The lowest BCUT2D eigenvalue weighted by Crippen LogP contribution is -2.75. The number of aryl methyl sites for hydroxylation is 2. The number of aromatic nitrogens is 1. The molecule has 3 aliphatic rings. The van der Waals surface area contributed by atoms with Crippen LogP contribution in [-0.2, 0) is 40.8 Å². The van der Waals surface area contributed by atoms with Gasteiger partial charge in [0.05, 0.1) is 18.6 Å². The molecular weight excluding hydrogens is 721 g/mol. The number of piperidine rings is 1. The summed E-state index contributed by atoms with van der Waals surface area (Å²) in [4.78, 5) is 62.6. The zero-order chi connectivity index (χ0) is 40.1. The number of hydrazine groups is 1. The molecule has 0 saturated carbocycles. The molecule has 0 unspecified atom stereocenters. The normalized spacial score (nSPS) is 19.6. The number of Topliss-reactive ketones (excluding diaryl/α,β-unsaturated/α-hetero) is 1. The molecule has 12 heteroatoms. The van der Waals surface area contributed by atoms with Crippen LogP contribution < -0.4 is 0 Å². The molecule has 3 aromatic carbocycles. The molecule has 4 aromatic rings. The number of carbonyl (C=O) groups excluding carboxylic acids is 4. The van der Waals surface area contributed by atoms with Gasteiger partial charge in [0.1, 0.15) is 18.0 Å². The van der Waals surface area contributed by atoms with Crippen molar-refractivity contribution in [2.24, 2.45) is 13.0 Å². The van der Waals surface area contributed by atoms with Gasteiger partial charge in [0.2, 0.25) is 17.7 Å². The molecule has 57 heavy (non-hydrogen) atoms. The van der Waals surface area contributed by atoms with E-state index in [0.717, 1.165) is 66.5 Å². The van der Waals surface area contributed by atoms with Gasteiger partial charge in [-0.1, -0.05) is 66.7 Å². The molecule has 1 aromatic heterocycles. The van der Waals surface area contributed by atoms with Crippen molar-refractivity contribution in [3.05, 3.63) is 114 Å². The Kier molecular flexibility index (Phi) is 12.5. The number of ketones is 1. The van der Waals surface area contributed by atoms with Gasteiger partial charge in [-0.2, -0.15) is 0 Å². The summed E-state index contributed by atoms with van der Waals surface area (Å²) in [5, 5.41) is 23.5. The van der Waals surface area contributed by atoms with Crippen LogP contribution in [0, 0.1) is 5.92 Å². The molecule has 4 heterocycles. The second-order valence-electron chi connectivity index (χ2n) is 15.7. The van der Waals surface area contributed by atoms with Gasteiger partial charge in [0.25, 0.3) is 0 Å². The van der Waals surface area contributed by atoms with E-state index in [0.29, 0.717) is 24.3 Å². The van der Waals surface area contributed by atoms with Gasteiger partial charge in [0, 0.05) is 69.7 Å². The predicted octanol–water partition coefficient (Wildman–Crippen LogP) is 4.54. The summed E-state index contributed by atoms with van der Waals surface area (Å²) in [5.74, 6) is -0.102. The maximum absolute atomic E-state index is 14.7. The molecule has 2 atom stereocenters. The lowest BCUT2D eigenvalue weighted by atomic mass is 9.89. The third kappa shape index (κ3) is 8.83. The molecule has 7 rings (SSSR count). The number of benzene rings is 3. The zero-order valence-corrected chi connectivity index (χ0v) is 32.8. The molecule has 3 amide bonds. The Morgan fingerprint density at radius 2 is 1.70 bits per heavy atom. The minimum absolute atomic E-state index is 0.0682. The third-order valence-corrected chi connectivity index (χ3v) is 11.8. The fourth-order valence-corrected chi connectivity index (χ4v) is 8.96. The lowest BCUT2D eigenvalue weighted by Gasteiger charge is -2.55. The smallest absolute Gasteiger partial charge is 0.246 e. The lowest BCUT2D eigenvalue weighted by molar-refractivity contribution is -0.205. The van der Waals surface area contributed by atoms with E-state index in [4.69, 9.17) is 0 Å². The average molecular weight is 775 g/mol. The number of piperazine rings is 1. The Hall–Kier alpha value is -5.30. The number of carbonyl (C=O) groups is 4. The van der Waals surface area contributed by atoms with Crippen LogP contribution in [0.2, 0.25) is 0 Å². The summed E-state index contributed by atoms with van der Waals surface area (Å²) in [7, 11) is 1.93. The maximum atomic E-state index is 14.7. The van der Waals surface area contributed by atoms with Gasteiger partial charge in [-0.25, -0.2) is 10.0 Å². The van der Waals surface area contributed by atoms with Gasteiger partial charge < -0.3 is 29.5 Å². The minimum atomic E-state index is -0.893. The first-order valence-electron chi connectivity index (χ1n) is 20.2. The van der Waals surface area contributed by atoms with Crippen LogP contribution in [-0.4, -0.2) is 121 Å². The van der Waals surface area contributed by atoms with Crippen molar-refractivity contribution in [1.29, 1.82) is 0 Å². The minimum Gasteiger partial charge on any atom is -0.508 e. The standard InChI is InChI=1S/C45H54N6O6/c1-3-21-49-31-43(56)50-39(26-33-13-16-36(53)17-14-33)45(57)48(30-41(50)51(49)42(55)18-15-32-9-5-4-6-10-32)28-35-11-7-12-37-38(29-46(2)44(35)37)40(54)27-34-19-23-47(24-20-34)22-8-25-52/h3-7,9-14,16-17,29,34,39,41,52-53H,1,8,15,18-28,30-31H2,2H3/t39-,41-/m0/s1.